The molecule has 0 aliphatic heterocycles. The summed E-state index contributed by atoms with van der Waals surface area (Å²) < 4.78 is 0. The third kappa shape index (κ3) is 3.38. The lowest BCUT2D eigenvalue weighted by atomic mass is 9.78. The van der Waals surface area contributed by atoms with Crippen LogP contribution in [0.1, 0.15) is 40.0 Å². The Bertz CT molecular complexity index is 215. The zero-order valence-electron chi connectivity index (χ0n) is 10.1. The number of nitrogens with two attached hydrogens (primary N) is 1. The van der Waals surface area contributed by atoms with Gasteiger partial charge in [-0.05, 0) is 25.2 Å². The molecule has 0 saturated heterocycles. The van der Waals surface area contributed by atoms with E-state index < -0.39 is 0 Å². The first-order valence-corrected chi connectivity index (χ1v) is 5.96. The molecule has 1 saturated carbocycles. The molecular weight excluding hydrogens is 188 g/mol. The molecule has 0 bridgehead atoms. The van der Waals surface area contributed by atoms with Gasteiger partial charge in [0.2, 0.25) is 5.96 Å². The van der Waals surface area contributed by atoms with Crippen molar-refractivity contribution in [2.24, 2.45) is 22.7 Å². The normalized spacial score (nSPS) is 32.5. The van der Waals surface area contributed by atoms with Crippen LogP contribution in [0.25, 0.3) is 0 Å². The van der Waals surface area contributed by atoms with E-state index in [1.54, 1.807) is 0 Å². The molecule has 4 N–H and O–H groups in total. The van der Waals surface area contributed by atoms with Gasteiger partial charge < -0.3 is 5.32 Å². The van der Waals surface area contributed by atoms with Crippen LogP contribution < -0.4 is 16.6 Å². The van der Waals surface area contributed by atoms with Crippen molar-refractivity contribution < 1.29 is 0 Å². The average Bonchev–Trinajstić information content (AvgIpc) is 2.24. The maximum Gasteiger partial charge on any atom is 0.205 e. The third-order valence-corrected chi connectivity index (χ3v) is 3.48. The lowest BCUT2D eigenvalue weighted by molar-refractivity contribution is 0.224. The van der Waals surface area contributed by atoms with Gasteiger partial charge in [0, 0.05) is 12.6 Å². The van der Waals surface area contributed by atoms with Crippen molar-refractivity contribution in [2.45, 2.75) is 46.1 Å². The van der Waals surface area contributed by atoms with Crippen molar-refractivity contribution in [3.8, 4) is 0 Å². The molecule has 3 unspecified atom stereocenters. The highest BCUT2D eigenvalue weighted by molar-refractivity contribution is 5.79. The fourth-order valence-electron chi connectivity index (χ4n) is 2.25. The van der Waals surface area contributed by atoms with Crippen molar-refractivity contribution in [2.75, 3.05) is 6.54 Å². The molecular formula is C11H24N4. The Morgan fingerprint density at radius 2 is 2.13 bits per heavy atom. The number of hydrogen-bond acceptors (Lipinski definition) is 2. The second-order valence-corrected chi connectivity index (χ2v) is 4.49. The van der Waals surface area contributed by atoms with E-state index in [-0.39, 0.29) is 0 Å². The van der Waals surface area contributed by atoms with E-state index in [4.69, 9.17) is 5.84 Å². The number of rotatable bonds is 2. The third-order valence-electron chi connectivity index (χ3n) is 3.48. The molecule has 1 rings (SSSR count). The molecule has 0 amide bonds. The van der Waals surface area contributed by atoms with Crippen molar-refractivity contribution in [3.63, 3.8) is 0 Å². The van der Waals surface area contributed by atoms with E-state index in [9.17, 15) is 0 Å². The molecule has 4 nitrogen and oxygen atoms in total. The van der Waals surface area contributed by atoms with Crippen LogP contribution in [0.5, 0.6) is 0 Å². The van der Waals surface area contributed by atoms with Crippen LogP contribution in [0, 0.1) is 11.8 Å². The van der Waals surface area contributed by atoms with Crippen LogP contribution in [-0.4, -0.2) is 18.5 Å². The zero-order chi connectivity index (χ0) is 11.3. The second-order valence-electron chi connectivity index (χ2n) is 4.49. The molecule has 0 aromatic carbocycles. The summed E-state index contributed by atoms with van der Waals surface area (Å²) in [4.78, 5) is 4.27. The van der Waals surface area contributed by atoms with Crippen LogP contribution in [0.3, 0.4) is 0 Å². The Kier molecular flexibility index (Phi) is 4.88. The van der Waals surface area contributed by atoms with E-state index >= 15 is 0 Å². The Hall–Kier alpha value is -0.770. The molecule has 88 valence electrons. The molecule has 1 aliphatic carbocycles. The highest BCUT2D eigenvalue weighted by Crippen LogP contribution is 2.29. The van der Waals surface area contributed by atoms with Gasteiger partial charge in [0.15, 0.2) is 0 Å². The van der Waals surface area contributed by atoms with E-state index in [0.717, 1.165) is 18.4 Å². The summed E-state index contributed by atoms with van der Waals surface area (Å²) in [7, 11) is 0. The summed E-state index contributed by atoms with van der Waals surface area (Å²) in [6.45, 7) is 7.39. The van der Waals surface area contributed by atoms with Gasteiger partial charge in [-0.3, -0.25) is 10.4 Å². The minimum Gasteiger partial charge on any atom is -0.352 e. The smallest absolute Gasteiger partial charge is 0.205 e. The second kappa shape index (κ2) is 5.95. The van der Waals surface area contributed by atoms with Crippen LogP contribution >= 0.6 is 0 Å². The summed E-state index contributed by atoms with van der Waals surface area (Å²) in [5.41, 5.74) is 2.62. The fraction of sp³-hybridized carbons (Fsp3) is 0.909. The predicted molar refractivity (Wildman–Crippen MR) is 64.4 cm³/mol. The quantitative estimate of drug-likeness (QED) is 0.279. The summed E-state index contributed by atoms with van der Waals surface area (Å²) in [6, 6.07) is 0.509. The highest BCUT2D eigenvalue weighted by atomic mass is 15.3. The lowest BCUT2D eigenvalue weighted by Gasteiger charge is -2.35. The number of hydrazine groups is 1. The van der Waals surface area contributed by atoms with Crippen LogP contribution in [0.2, 0.25) is 0 Å². The van der Waals surface area contributed by atoms with E-state index in [1.807, 2.05) is 6.92 Å². The fourth-order valence-corrected chi connectivity index (χ4v) is 2.25. The first kappa shape index (κ1) is 12.3. The van der Waals surface area contributed by atoms with E-state index in [2.05, 4.69) is 29.6 Å². The van der Waals surface area contributed by atoms with Gasteiger partial charge in [-0.25, -0.2) is 5.84 Å². The molecule has 1 aliphatic rings. The van der Waals surface area contributed by atoms with E-state index in [1.165, 1.54) is 19.3 Å². The first-order chi connectivity index (χ1) is 7.19. The molecule has 1 fully saturated rings. The summed E-state index contributed by atoms with van der Waals surface area (Å²) in [6.07, 6.45) is 3.86. The monoisotopic (exact) mass is 212 g/mol. The van der Waals surface area contributed by atoms with E-state index in [0.29, 0.717) is 12.0 Å². The molecule has 3 atom stereocenters. The number of aliphatic imine (C=N–C) groups is 1. The largest absolute Gasteiger partial charge is 0.352 e. The van der Waals surface area contributed by atoms with Gasteiger partial charge in [-0.2, -0.15) is 0 Å². The summed E-state index contributed by atoms with van der Waals surface area (Å²) >= 11 is 0. The van der Waals surface area contributed by atoms with Crippen molar-refractivity contribution in [1.82, 2.24) is 10.7 Å². The molecule has 0 heterocycles. The van der Waals surface area contributed by atoms with Gasteiger partial charge in [-0.1, -0.05) is 26.7 Å². The Morgan fingerprint density at radius 1 is 1.40 bits per heavy atom. The van der Waals surface area contributed by atoms with Crippen molar-refractivity contribution in [1.29, 1.82) is 0 Å². The summed E-state index contributed by atoms with van der Waals surface area (Å²) in [5, 5.41) is 3.40. The van der Waals surface area contributed by atoms with Crippen molar-refractivity contribution >= 4 is 5.96 Å². The standard InChI is InChI=1S/C11H24N4/c1-4-13-11(15-12)14-10-7-5-6-8(2)9(10)3/h8-10H,4-7,12H2,1-3H3,(H2,13,14,15). The highest BCUT2D eigenvalue weighted by Gasteiger charge is 2.27. The predicted octanol–water partition coefficient (Wildman–Crippen LogP) is 1.24. The Labute approximate surface area is 92.7 Å². The molecule has 0 aromatic heterocycles. The van der Waals surface area contributed by atoms with Gasteiger partial charge in [0.05, 0.1) is 0 Å². The summed E-state index contributed by atoms with van der Waals surface area (Å²) in [5.74, 6) is 7.62. The number of nitrogens with zero attached hydrogens (tertiary/aromatic N) is 1. The number of guanidine groups is 1. The lowest BCUT2D eigenvalue weighted by Crippen LogP contribution is -2.50. The number of nitrogens with one attached hydrogen (secondary N) is 2. The molecule has 4 heteroatoms. The minimum atomic E-state index is 0.509. The van der Waals surface area contributed by atoms with Crippen LogP contribution in [0.4, 0.5) is 0 Å². The maximum absolute atomic E-state index is 5.41. The van der Waals surface area contributed by atoms with Gasteiger partial charge >= 0.3 is 0 Å². The first-order valence-electron chi connectivity index (χ1n) is 5.96. The molecule has 0 aromatic rings. The number of hydrogen-bond donors (Lipinski definition) is 3. The molecule has 0 spiro atoms. The molecule has 0 radical (unpaired) electrons. The Morgan fingerprint density at radius 3 is 2.73 bits per heavy atom. The van der Waals surface area contributed by atoms with Gasteiger partial charge in [0.25, 0.3) is 0 Å². The Balaban J connectivity index is 2.52. The average molecular weight is 212 g/mol. The topological polar surface area (TPSA) is 62.4 Å². The van der Waals surface area contributed by atoms with Crippen LogP contribution in [0.15, 0.2) is 4.99 Å². The SMILES string of the molecule is CCN=C(NN)NC1CCCC(C)C1C. The van der Waals surface area contributed by atoms with Gasteiger partial charge in [-0.15, -0.1) is 0 Å². The minimum absolute atomic E-state index is 0.509. The van der Waals surface area contributed by atoms with Gasteiger partial charge in [0.1, 0.15) is 0 Å². The van der Waals surface area contributed by atoms with Crippen molar-refractivity contribution in [3.05, 3.63) is 0 Å². The van der Waals surface area contributed by atoms with Crippen LogP contribution in [-0.2, 0) is 0 Å². The zero-order valence-corrected chi connectivity index (χ0v) is 10.1. The molecule has 15 heavy (non-hydrogen) atoms. The maximum atomic E-state index is 5.41.